The molecule has 0 amide bonds. The zero-order valence-corrected chi connectivity index (χ0v) is 22.6. The Balaban J connectivity index is 2.43. The van der Waals surface area contributed by atoms with Crippen molar-refractivity contribution in [2.24, 2.45) is 5.41 Å². The number of allylic oxidation sites excluding steroid dienone is 6. The van der Waals surface area contributed by atoms with Gasteiger partial charge < -0.3 is 4.74 Å². The molecule has 1 aliphatic rings. The summed E-state index contributed by atoms with van der Waals surface area (Å²) in [5.41, 5.74) is 5.02. The molecule has 0 heterocycles. The molecule has 186 valence electrons. The van der Waals surface area contributed by atoms with Crippen molar-refractivity contribution in [2.75, 3.05) is 6.61 Å². The van der Waals surface area contributed by atoms with Crippen LogP contribution >= 0.6 is 0 Å². The van der Waals surface area contributed by atoms with Crippen LogP contribution in [0.4, 0.5) is 0 Å². The minimum absolute atomic E-state index is 0.206. The van der Waals surface area contributed by atoms with Crippen LogP contribution in [0.2, 0.25) is 0 Å². The molecule has 0 radical (unpaired) electrons. The van der Waals surface area contributed by atoms with Crippen LogP contribution in [0, 0.1) is 12.3 Å². The zero-order valence-electron chi connectivity index (χ0n) is 21.8. The number of sulfone groups is 1. The summed E-state index contributed by atoms with van der Waals surface area (Å²) < 4.78 is 32.7. The van der Waals surface area contributed by atoms with Crippen LogP contribution in [0.3, 0.4) is 0 Å². The summed E-state index contributed by atoms with van der Waals surface area (Å²) in [7, 11) is -3.68. The van der Waals surface area contributed by atoms with Gasteiger partial charge in [-0.2, -0.15) is 0 Å². The third-order valence-electron chi connectivity index (χ3n) is 6.41. The third kappa shape index (κ3) is 7.56. The highest BCUT2D eigenvalue weighted by atomic mass is 32.2. The summed E-state index contributed by atoms with van der Waals surface area (Å²) in [5, 5.41) is 0. The molecule has 0 fully saturated rings. The Labute approximate surface area is 206 Å². The van der Waals surface area contributed by atoms with Crippen molar-refractivity contribution >= 4 is 15.8 Å². The molecule has 4 nitrogen and oxygen atoms in total. The maximum Gasteiger partial charge on any atom is 0.302 e. The van der Waals surface area contributed by atoms with Crippen molar-refractivity contribution in [1.82, 2.24) is 0 Å². The molecule has 0 bridgehead atoms. The molecule has 0 N–H and O–H groups in total. The summed E-state index contributed by atoms with van der Waals surface area (Å²) in [6.07, 6.45) is 10.4. The van der Waals surface area contributed by atoms with Crippen LogP contribution in [0.25, 0.3) is 0 Å². The van der Waals surface area contributed by atoms with E-state index in [2.05, 4.69) is 26.8 Å². The minimum atomic E-state index is -3.68. The molecule has 5 heteroatoms. The second-order valence-electron chi connectivity index (χ2n) is 10.1. The first-order valence-corrected chi connectivity index (χ1v) is 13.5. The molecule has 0 aromatic heterocycles. The predicted molar refractivity (Wildman–Crippen MR) is 140 cm³/mol. The van der Waals surface area contributed by atoms with Crippen LogP contribution < -0.4 is 0 Å². The van der Waals surface area contributed by atoms with E-state index in [1.807, 2.05) is 45.1 Å². The van der Waals surface area contributed by atoms with Crippen LogP contribution in [-0.4, -0.2) is 21.0 Å². The van der Waals surface area contributed by atoms with E-state index in [1.54, 1.807) is 12.1 Å². The molecule has 2 rings (SSSR count). The average molecular weight is 485 g/mol. The SMILES string of the molecule is CC(=O)OC/C=C(\C)CC/C=C(C)/C=C(/C1=C(C)CCCC1(C)C)S(=O)(=O)c1ccc(C)cc1. The molecular formula is C29H40O4S. The number of aryl methyl sites for hydroxylation is 1. The van der Waals surface area contributed by atoms with E-state index in [0.717, 1.165) is 60.0 Å². The van der Waals surface area contributed by atoms with Gasteiger partial charge in [0.25, 0.3) is 0 Å². The van der Waals surface area contributed by atoms with E-state index < -0.39 is 9.84 Å². The summed E-state index contributed by atoms with van der Waals surface area (Å²) >= 11 is 0. The fourth-order valence-corrected chi connectivity index (χ4v) is 6.30. The van der Waals surface area contributed by atoms with Crippen molar-refractivity contribution in [3.05, 3.63) is 75.3 Å². The molecule has 34 heavy (non-hydrogen) atoms. The molecule has 0 atom stereocenters. The van der Waals surface area contributed by atoms with E-state index in [1.165, 1.54) is 6.92 Å². The van der Waals surface area contributed by atoms with Gasteiger partial charge in [-0.15, -0.1) is 0 Å². The summed E-state index contributed by atoms with van der Waals surface area (Å²) in [5.74, 6) is -0.289. The lowest BCUT2D eigenvalue weighted by molar-refractivity contribution is -0.139. The number of ether oxygens (including phenoxy) is 1. The molecule has 0 saturated heterocycles. The topological polar surface area (TPSA) is 60.4 Å². The highest BCUT2D eigenvalue weighted by Crippen LogP contribution is 2.46. The normalized spacial score (nSPS) is 17.7. The van der Waals surface area contributed by atoms with Gasteiger partial charge in [-0.05, 0) is 95.1 Å². The van der Waals surface area contributed by atoms with Gasteiger partial charge >= 0.3 is 5.97 Å². The van der Waals surface area contributed by atoms with Gasteiger partial charge in [-0.3, -0.25) is 4.79 Å². The van der Waals surface area contributed by atoms with Gasteiger partial charge in [-0.1, -0.05) is 54.3 Å². The highest BCUT2D eigenvalue weighted by Gasteiger charge is 2.36. The summed E-state index contributed by atoms with van der Waals surface area (Å²) in [6.45, 7) is 14.0. The number of hydrogen-bond acceptors (Lipinski definition) is 4. The predicted octanol–water partition coefficient (Wildman–Crippen LogP) is 7.42. The number of hydrogen-bond donors (Lipinski definition) is 0. The lowest BCUT2D eigenvalue weighted by Gasteiger charge is -2.35. The number of carbonyl (C=O) groups is 1. The van der Waals surface area contributed by atoms with Gasteiger partial charge in [0, 0.05) is 6.92 Å². The van der Waals surface area contributed by atoms with E-state index in [0.29, 0.717) is 9.80 Å². The van der Waals surface area contributed by atoms with Crippen molar-refractivity contribution in [3.63, 3.8) is 0 Å². The monoisotopic (exact) mass is 484 g/mol. The van der Waals surface area contributed by atoms with Gasteiger partial charge in [0.15, 0.2) is 0 Å². The zero-order chi connectivity index (χ0) is 25.5. The molecule has 0 aliphatic heterocycles. The standard InChI is InChI=1S/C29H40O4S/c1-21(17-19-33-25(5)30)10-8-11-23(3)20-27(28-24(4)12-9-18-29(28,6)7)34(31,32)26-15-13-22(2)14-16-26/h11,13-17,20H,8-10,12,18-19H2,1-7H3/b21-17+,23-11+,27-20-. The van der Waals surface area contributed by atoms with Gasteiger partial charge in [-0.25, -0.2) is 8.42 Å². The highest BCUT2D eigenvalue weighted by molar-refractivity contribution is 7.95. The van der Waals surface area contributed by atoms with Gasteiger partial charge in [0.1, 0.15) is 6.61 Å². The first-order chi connectivity index (χ1) is 15.8. The fourth-order valence-electron chi connectivity index (χ4n) is 4.49. The van der Waals surface area contributed by atoms with Crippen LogP contribution in [0.15, 0.2) is 74.6 Å². The number of rotatable bonds is 9. The Kier molecular flexibility index (Phi) is 9.69. The van der Waals surface area contributed by atoms with Gasteiger partial charge in [0.05, 0.1) is 9.80 Å². The number of benzene rings is 1. The van der Waals surface area contributed by atoms with Crippen molar-refractivity contribution < 1.29 is 17.9 Å². The molecular weight excluding hydrogens is 444 g/mol. The Bertz CT molecular complexity index is 1110. The maximum atomic E-state index is 13.9. The molecule has 0 saturated carbocycles. The Morgan fingerprint density at radius 2 is 1.71 bits per heavy atom. The van der Waals surface area contributed by atoms with Crippen LogP contribution in [0.5, 0.6) is 0 Å². The largest absolute Gasteiger partial charge is 0.462 e. The van der Waals surface area contributed by atoms with E-state index in [4.69, 9.17) is 4.74 Å². The average Bonchev–Trinajstić information content (AvgIpc) is 2.72. The Hall–Kier alpha value is -2.40. The fraction of sp³-hybridized carbons (Fsp3) is 0.483. The van der Waals surface area contributed by atoms with Crippen molar-refractivity contribution in [2.45, 2.75) is 85.5 Å². The van der Waals surface area contributed by atoms with Crippen LogP contribution in [-0.2, 0) is 19.4 Å². The van der Waals surface area contributed by atoms with E-state index in [9.17, 15) is 13.2 Å². The second-order valence-corrected chi connectivity index (χ2v) is 12.0. The molecule has 1 aromatic rings. The smallest absolute Gasteiger partial charge is 0.302 e. The molecule has 1 aliphatic carbocycles. The Morgan fingerprint density at radius 3 is 2.29 bits per heavy atom. The molecule has 1 aromatic carbocycles. The first-order valence-electron chi connectivity index (χ1n) is 12.0. The molecule has 0 spiro atoms. The van der Waals surface area contributed by atoms with Crippen molar-refractivity contribution in [3.8, 4) is 0 Å². The van der Waals surface area contributed by atoms with Crippen LogP contribution in [0.1, 0.15) is 79.2 Å². The maximum absolute atomic E-state index is 13.9. The second kappa shape index (κ2) is 11.8. The number of esters is 1. The number of carbonyl (C=O) groups excluding carboxylic acids is 1. The Morgan fingerprint density at radius 1 is 1.06 bits per heavy atom. The first kappa shape index (κ1) is 27.8. The third-order valence-corrected chi connectivity index (χ3v) is 8.20. The lowest BCUT2D eigenvalue weighted by atomic mass is 9.72. The quantitative estimate of drug-likeness (QED) is 0.208. The summed E-state index contributed by atoms with van der Waals surface area (Å²) in [4.78, 5) is 11.7. The van der Waals surface area contributed by atoms with Crippen molar-refractivity contribution in [1.29, 1.82) is 0 Å². The van der Waals surface area contributed by atoms with E-state index in [-0.39, 0.29) is 18.0 Å². The lowest BCUT2D eigenvalue weighted by Crippen LogP contribution is -2.25. The summed E-state index contributed by atoms with van der Waals surface area (Å²) in [6, 6.07) is 7.12. The minimum Gasteiger partial charge on any atom is -0.462 e. The van der Waals surface area contributed by atoms with Gasteiger partial charge in [0.2, 0.25) is 9.84 Å². The molecule has 0 unspecified atom stereocenters. The van der Waals surface area contributed by atoms with E-state index >= 15 is 0 Å².